The fourth-order valence-electron chi connectivity index (χ4n) is 2.85. The van der Waals surface area contributed by atoms with Gasteiger partial charge in [-0.25, -0.2) is 4.98 Å². The first-order valence-electron chi connectivity index (χ1n) is 9.15. The van der Waals surface area contributed by atoms with Crippen molar-refractivity contribution < 1.29 is 14.3 Å². The second-order valence-corrected chi connectivity index (χ2v) is 7.40. The second kappa shape index (κ2) is 9.50. The molecule has 3 aromatic rings. The van der Waals surface area contributed by atoms with Gasteiger partial charge in [-0.2, -0.15) is 11.8 Å². The van der Waals surface area contributed by atoms with Crippen LogP contribution in [0.3, 0.4) is 0 Å². The van der Waals surface area contributed by atoms with Gasteiger partial charge in [-0.15, -0.1) is 0 Å². The predicted octanol–water partition coefficient (Wildman–Crippen LogP) is 3.95. The smallest absolute Gasteiger partial charge is 0.261 e. The third-order valence-electron chi connectivity index (χ3n) is 4.41. The van der Waals surface area contributed by atoms with Crippen molar-refractivity contribution in [2.75, 3.05) is 19.1 Å². The molecule has 0 aliphatic rings. The third kappa shape index (κ3) is 4.98. The summed E-state index contributed by atoms with van der Waals surface area (Å²) in [6.07, 6.45) is 2.20. The number of aromatic nitrogens is 2. The lowest BCUT2D eigenvalue weighted by atomic mass is 10.2. The number of fused-ring (bicyclic) bond motifs is 1. The average molecular weight is 400 g/mol. The molecule has 0 saturated heterocycles. The summed E-state index contributed by atoms with van der Waals surface area (Å²) < 4.78 is 10.9. The van der Waals surface area contributed by atoms with Crippen molar-refractivity contribution in [1.29, 1.82) is 0 Å². The van der Waals surface area contributed by atoms with Gasteiger partial charge in [-0.05, 0) is 61.8 Å². The van der Waals surface area contributed by atoms with Gasteiger partial charge >= 0.3 is 0 Å². The van der Waals surface area contributed by atoms with Crippen LogP contribution in [0.1, 0.15) is 25.2 Å². The first kappa shape index (κ1) is 20.1. The maximum atomic E-state index is 12.7. The van der Waals surface area contributed by atoms with E-state index in [0.29, 0.717) is 5.75 Å². The Bertz CT molecular complexity index is 878. The largest absolute Gasteiger partial charge is 0.497 e. The predicted molar refractivity (Wildman–Crippen MR) is 113 cm³/mol. The quantitative estimate of drug-likeness (QED) is 0.570. The number of imidazole rings is 1. The van der Waals surface area contributed by atoms with Gasteiger partial charge in [0.2, 0.25) is 0 Å². The van der Waals surface area contributed by atoms with E-state index < -0.39 is 6.10 Å². The van der Waals surface area contributed by atoms with Gasteiger partial charge in [0.1, 0.15) is 17.3 Å². The zero-order chi connectivity index (χ0) is 19.9. The topological polar surface area (TPSA) is 76.2 Å². The molecule has 1 amide bonds. The molecule has 28 heavy (non-hydrogen) atoms. The highest BCUT2D eigenvalue weighted by Gasteiger charge is 2.22. The van der Waals surface area contributed by atoms with Crippen molar-refractivity contribution in [3.63, 3.8) is 0 Å². The Balaban J connectivity index is 1.69. The number of rotatable bonds is 9. The summed E-state index contributed by atoms with van der Waals surface area (Å²) in [6.45, 7) is 1.74. The number of benzene rings is 2. The van der Waals surface area contributed by atoms with Crippen LogP contribution in [0.4, 0.5) is 0 Å². The van der Waals surface area contributed by atoms with Crippen LogP contribution in [0.2, 0.25) is 0 Å². The molecule has 2 N–H and O–H groups in total. The van der Waals surface area contributed by atoms with E-state index in [9.17, 15) is 4.79 Å². The summed E-state index contributed by atoms with van der Waals surface area (Å²) in [5, 5.41) is 3.08. The standard InChI is InChI=1S/C21H25N3O3S/c1-14(27-16-10-8-15(26-2)9-11-16)21(25)24-19(12-13-28-3)20-22-17-6-4-5-7-18(17)23-20/h4-11,14,19H,12-13H2,1-3H3,(H,22,23)(H,24,25). The number of nitrogens with one attached hydrogen (secondary N) is 2. The van der Waals surface area contributed by atoms with Gasteiger partial charge in [-0.3, -0.25) is 4.79 Å². The zero-order valence-electron chi connectivity index (χ0n) is 16.3. The Hall–Kier alpha value is -2.67. The van der Waals surface area contributed by atoms with Crippen LogP contribution >= 0.6 is 11.8 Å². The maximum Gasteiger partial charge on any atom is 0.261 e. The second-order valence-electron chi connectivity index (χ2n) is 6.42. The number of thioether (sulfide) groups is 1. The number of para-hydroxylation sites is 2. The Labute approximate surface area is 169 Å². The summed E-state index contributed by atoms with van der Waals surface area (Å²) in [7, 11) is 1.61. The number of carbonyl (C=O) groups is 1. The van der Waals surface area contributed by atoms with Crippen LogP contribution in [0, 0.1) is 0 Å². The monoisotopic (exact) mass is 399 g/mol. The molecule has 0 fully saturated rings. The minimum absolute atomic E-state index is 0.178. The van der Waals surface area contributed by atoms with Crippen molar-refractivity contribution >= 4 is 28.7 Å². The number of ether oxygens (including phenoxy) is 2. The van der Waals surface area contributed by atoms with E-state index in [1.807, 2.05) is 30.5 Å². The van der Waals surface area contributed by atoms with E-state index in [2.05, 4.69) is 15.3 Å². The number of aromatic amines is 1. The highest BCUT2D eigenvalue weighted by Crippen LogP contribution is 2.21. The minimum atomic E-state index is -0.630. The zero-order valence-corrected chi connectivity index (χ0v) is 17.1. The van der Waals surface area contributed by atoms with E-state index in [1.165, 1.54) is 0 Å². The Kier molecular flexibility index (Phi) is 6.81. The molecule has 7 heteroatoms. The van der Waals surface area contributed by atoms with Gasteiger partial charge in [-0.1, -0.05) is 12.1 Å². The highest BCUT2D eigenvalue weighted by molar-refractivity contribution is 7.98. The lowest BCUT2D eigenvalue weighted by Gasteiger charge is -2.20. The molecule has 1 heterocycles. The first-order valence-corrected chi connectivity index (χ1v) is 10.5. The molecular formula is C21H25N3O3S. The van der Waals surface area contributed by atoms with Crippen LogP contribution in [0.25, 0.3) is 11.0 Å². The first-order chi connectivity index (χ1) is 13.6. The maximum absolute atomic E-state index is 12.7. The number of hydrogen-bond acceptors (Lipinski definition) is 5. The van der Waals surface area contributed by atoms with E-state index in [-0.39, 0.29) is 11.9 Å². The van der Waals surface area contributed by atoms with E-state index in [1.54, 1.807) is 50.1 Å². The normalized spacial score (nSPS) is 13.1. The molecular weight excluding hydrogens is 374 g/mol. The lowest BCUT2D eigenvalue weighted by Crippen LogP contribution is -2.39. The van der Waals surface area contributed by atoms with E-state index in [0.717, 1.165) is 34.8 Å². The van der Waals surface area contributed by atoms with Gasteiger partial charge in [0, 0.05) is 0 Å². The van der Waals surface area contributed by atoms with Crippen LogP contribution < -0.4 is 14.8 Å². The van der Waals surface area contributed by atoms with Crippen LogP contribution in [-0.2, 0) is 4.79 Å². The fourth-order valence-corrected chi connectivity index (χ4v) is 3.32. The molecule has 1 aromatic heterocycles. The molecule has 0 aliphatic heterocycles. The molecule has 2 aromatic carbocycles. The van der Waals surface area contributed by atoms with Crippen molar-refractivity contribution in [3.05, 3.63) is 54.4 Å². The molecule has 0 bridgehead atoms. The molecule has 2 atom stereocenters. The van der Waals surface area contributed by atoms with Gasteiger partial charge in [0.15, 0.2) is 6.10 Å². The average Bonchev–Trinajstić information content (AvgIpc) is 3.15. The molecule has 6 nitrogen and oxygen atoms in total. The summed E-state index contributed by atoms with van der Waals surface area (Å²) >= 11 is 1.74. The van der Waals surface area contributed by atoms with Crippen LogP contribution in [0.5, 0.6) is 11.5 Å². The number of carbonyl (C=O) groups excluding carboxylic acids is 1. The van der Waals surface area contributed by atoms with Gasteiger partial charge < -0.3 is 19.8 Å². The number of methoxy groups -OCH3 is 1. The summed E-state index contributed by atoms with van der Waals surface area (Å²) in [5.41, 5.74) is 1.85. The van der Waals surface area contributed by atoms with Crippen molar-refractivity contribution in [2.45, 2.75) is 25.5 Å². The molecule has 0 saturated carbocycles. The molecule has 0 radical (unpaired) electrons. The van der Waals surface area contributed by atoms with E-state index >= 15 is 0 Å². The number of hydrogen-bond donors (Lipinski definition) is 2. The van der Waals surface area contributed by atoms with Crippen LogP contribution in [-0.4, -0.2) is 41.1 Å². The number of amides is 1. The number of nitrogens with zero attached hydrogens (tertiary/aromatic N) is 1. The lowest BCUT2D eigenvalue weighted by molar-refractivity contribution is -0.128. The summed E-state index contributed by atoms with van der Waals surface area (Å²) in [5.74, 6) is 2.86. The summed E-state index contributed by atoms with van der Waals surface area (Å²) in [4.78, 5) is 20.7. The summed E-state index contributed by atoms with van der Waals surface area (Å²) in [6, 6.07) is 14.8. The number of H-pyrrole nitrogens is 1. The Morgan fingerprint density at radius 1 is 1.18 bits per heavy atom. The van der Waals surface area contributed by atoms with E-state index in [4.69, 9.17) is 9.47 Å². The SMILES string of the molecule is COc1ccc(OC(C)C(=O)NC(CCSC)c2nc3ccccc3[nH]2)cc1. The molecule has 0 aliphatic carbocycles. The van der Waals surface area contributed by atoms with Crippen molar-refractivity contribution in [1.82, 2.24) is 15.3 Å². The molecule has 2 unspecified atom stereocenters. The Morgan fingerprint density at radius 2 is 1.89 bits per heavy atom. The van der Waals surface area contributed by atoms with Crippen molar-refractivity contribution in [2.24, 2.45) is 0 Å². The van der Waals surface area contributed by atoms with Crippen molar-refractivity contribution in [3.8, 4) is 11.5 Å². The molecule has 148 valence electrons. The Morgan fingerprint density at radius 3 is 2.57 bits per heavy atom. The molecule has 0 spiro atoms. The van der Waals surface area contributed by atoms with Crippen LogP contribution in [0.15, 0.2) is 48.5 Å². The minimum Gasteiger partial charge on any atom is -0.497 e. The highest BCUT2D eigenvalue weighted by atomic mass is 32.2. The third-order valence-corrected chi connectivity index (χ3v) is 5.05. The fraction of sp³-hybridized carbons (Fsp3) is 0.333. The van der Waals surface area contributed by atoms with Gasteiger partial charge in [0.05, 0.1) is 24.2 Å². The molecule has 3 rings (SSSR count). The van der Waals surface area contributed by atoms with Gasteiger partial charge in [0.25, 0.3) is 5.91 Å².